The van der Waals surface area contributed by atoms with Crippen molar-refractivity contribution < 1.29 is 19.0 Å². The van der Waals surface area contributed by atoms with E-state index in [1.807, 2.05) is 6.92 Å². The van der Waals surface area contributed by atoms with Crippen molar-refractivity contribution in [3.63, 3.8) is 0 Å². The van der Waals surface area contributed by atoms with Gasteiger partial charge in [0.25, 0.3) is 0 Å². The molecule has 2 aromatic rings. The number of aromatic hydroxyl groups is 1. The van der Waals surface area contributed by atoms with Crippen LogP contribution >= 0.6 is 27.7 Å². The van der Waals surface area contributed by atoms with E-state index in [4.69, 9.17) is 4.74 Å². The van der Waals surface area contributed by atoms with E-state index in [9.17, 15) is 14.3 Å². The molecular weight excluding hydrogens is 397 g/mol. The number of methoxy groups -OCH3 is 1. The van der Waals surface area contributed by atoms with Gasteiger partial charge in [0.15, 0.2) is 11.5 Å². The maximum absolute atomic E-state index is 13.7. The van der Waals surface area contributed by atoms with Crippen molar-refractivity contribution >= 4 is 39.3 Å². The lowest BCUT2D eigenvalue weighted by Crippen LogP contribution is -2.28. The Morgan fingerprint density at radius 2 is 2.12 bits per heavy atom. The van der Waals surface area contributed by atoms with Gasteiger partial charge in [-0.25, -0.2) is 4.39 Å². The average Bonchev–Trinajstić information content (AvgIpc) is 2.93. The molecule has 0 bridgehead atoms. The van der Waals surface area contributed by atoms with Crippen LogP contribution in [0.4, 0.5) is 10.1 Å². The molecule has 3 rings (SSSR count). The van der Waals surface area contributed by atoms with E-state index < -0.39 is 0 Å². The summed E-state index contributed by atoms with van der Waals surface area (Å²) >= 11 is 4.75. The average molecular weight is 412 g/mol. The summed E-state index contributed by atoms with van der Waals surface area (Å²) in [5, 5.41) is 9.66. The second-order valence-corrected chi connectivity index (χ2v) is 7.33. The summed E-state index contributed by atoms with van der Waals surface area (Å²) < 4.78 is 19.4. The lowest BCUT2D eigenvalue weighted by atomic mass is 10.1. The molecule has 2 aromatic carbocycles. The number of thioether (sulfide) groups is 1. The number of carbonyl (C=O) groups is 1. The van der Waals surface area contributed by atoms with E-state index >= 15 is 0 Å². The number of benzene rings is 2. The van der Waals surface area contributed by atoms with Gasteiger partial charge in [0, 0.05) is 0 Å². The monoisotopic (exact) mass is 411 g/mol. The van der Waals surface area contributed by atoms with E-state index in [0.717, 1.165) is 11.1 Å². The molecule has 24 heavy (non-hydrogen) atoms. The van der Waals surface area contributed by atoms with Gasteiger partial charge in [-0.2, -0.15) is 0 Å². The number of halogens is 2. The number of nitrogens with zero attached hydrogens (tertiary/aromatic N) is 1. The quantitative estimate of drug-likeness (QED) is 0.813. The molecule has 4 nitrogen and oxygen atoms in total. The molecule has 0 radical (unpaired) electrons. The fourth-order valence-electron chi connectivity index (χ4n) is 2.67. The highest BCUT2D eigenvalue weighted by molar-refractivity contribution is 9.10. The van der Waals surface area contributed by atoms with Gasteiger partial charge in [-0.3, -0.25) is 9.69 Å². The maximum atomic E-state index is 13.7. The number of ether oxygens (including phenoxy) is 1. The Morgan fingerprint density at radius 3 is 2.83 bits per heavy atom. The van der Waals surface area contributed by atoms with Crippen molar-refractivity contribution in [3.05, 3.63) is 51.7 Å². The Kier molecular flexibility index (Phi) is 4.73. The Balaban J connectivity index is 2.09. The SMILES string of the molecule is COc1cc(C2SCC(=O)N2c2cc(F)ccc2C)cc(Br)c1O. The van der Waals surface area contributed by atoms with Crippen molar-refractivity contribution in [2.75, 3.05) is 17.8 Å². The first kappa shape index (κ1) is 17.1. The molecule has 1 fully saturated rings. The van der Waals surface area contributed by atoms with Crippen LogP contribution in [-0.2, 0) is 4.79 Å². The van der Waals surface area contributed by atoms with Crippen LogP contribution in [0.15, 0.2) is 34.8 Å². The van der Waals surface area contributed by atoms with Crippen molar-refractivity contribution in [2.45, 2.75) is 12.3 Å². The molecular formula is C17H15BrFNO3S. The minimum absolute atomic E-state index is 0.00376. The highest BCUT2D eigenvalue weighted by Crippen LogP contribution is 2.46. The standard InChI is InChI=1S/C17H15BrFNO3S/c1-9-3-4-11(19)7-13(9)20-15(21)8-24-17(20)10-5-12(18)16(22)14(6-10)23-2/h3-7,17,22H,8H2,1-2H3. The van der Waals surface area contributed by atoms with Gasteiger partial charge in [-0.15, -0.1) is 11.8 Å². The molecule has 0 saturated carbocycles. The summed E-state index contributed by atoms with van der Waals surface area (Å²) in [7, 11) is 1.46. The van der Waals surface area contributed by atoms with Crippen LogP contribution in [0.5, 0.6) is 11.5 Å². The third kappa shape index (κ3) is 2.98. The number of phenols is 1. The molecule has 1 aliphatic rings. The molecule has 0 aliphatic carbocycles. The van der Waals surface area contributed by atoms with Gasteiger partial charge >= 0.3 is 0 Å². The van der Waals surface area contributed by atoms with Crippen molar-refractivity contribution in [2.24, 2.45) is 0 Å². The van der Waals surface area contributed by atoms with Crippen molar-refractivity contribution in [1.82, 2.24) is 0 Å². The van der Waals surface area contributed by atoms with Crippen LogP contribution in [0, 0.1) is 12.7 Å². The molecule has 1 saturated heterocycles. The van der Waals surface area contributed by atoms with Gasteiger partial charge in [0.2, 0.25) is 5.91 Å². The molecule has 7 heteroatoms. The summed E-state index contributed by atoms with van der Waals surface area (Å²) in [6.45, 7) is 1.84. The van der Waals surface area contributed by atoms with Gasteiger partial charge in [0.1, 0.15) is 11.2 Å². The molecule has 1 unspecified atom stereocenters. The first-order valence-corrected chi connectivity index (χ1v) is 9.02. The topological polar surface area (TPSA) is 49.8 Å². The van der Waals surface area contributed by atoms with Crippen LogP contribution in [0.2, 0.25) is 0 Å². The number of carbonyl (C=O) groups excluding carboxylic acids is 1. The van der Waals surface area contributed by atoms with Crippen LogP contribution in [0.25, 0.3) is 0 Å². The fraction of sp³-hybridized carbons (Fsp3) is 0.235. The molecule has 1 heterocycles. The Morgan fingerprint density at radius 1 is 1.38 bits per heavy atom. The summed E-state index contributed by atoms with van der Waals surface area (Å²) in [5.41, 5.74) is 2.16. The Bertz CT molecular complexity index is 815. The summed E-state index contributed by atoms with van der Waals surface area (Å²) in [4.78, 5) is 14.0. The Hall–Kier alpha value is -1.73. The van der Waals surface area contributed by atoms with Gasteiger partial charge in [-0.05, 0) is 58.2 Å². The number of hydrogen-bond acceptors (Lipinski definition) is 4. The molecule has 126 valence electrons. The number of hydrogen-bond donors (Lipinski definition) is 1. The highest BCUT2D eigenvalue weighted by atomic mass is 79.9. The molecule has 1 atom stereocenters. The molecule has 1 N–H and O–H groups in total. The van der Waals surface area contributed by atoms with Crippen molar-refractivity contribution in [1.29, 1.82) is 0 Å². The highest BCUT2D eigenvalue weighted by Gasteiger charge is 2.35. The van der Waals surface area contributed by atoms with E-state index in [-0.39, 0.29) is 22.8 Å². The maximum Gasteiger partial charge on any atom is 0.238 e. The first-order chi connectivity index (χ1) is 11.4. The number of anilines is 1. The predicted molar refractivity (Wildman–Crippen MR) is 96.2 cm³/mol. The zero-order valence-electron chi connectivity index (χ0n) is 13.0. The van der Waals surface area contributed by atoms with Gasteiger partial charge < -0.3 is 9.84 Å². The first-order valence-electron chi connectivity index (χ1n) is 7.18. The zero-order chi connectivity index (χ0) is 17.4. The molecule has 1 aliphatic heterocycles. The third-order valence-corrected chi connectivity index (χ3v) is 5.67. The van der Waals surface area contributed by atoms with Gasteiger partial charge in [0.05, 0.1) is 23.0 Å². The second-order valence-electron chi connectivity index (χ2n) is 5.41. The predicted octanol–water partition coefficient (Wildman–Crippen LogP) is 4.39. The largest absolute Gasteiger partial charge is 0.503 e. The normalized spacial score (nSPS) is 17.4. The minimum atomic E-state index is -0.386. The number of aryl methyl sites for hydroxylation is 1. The van der Waals surface area contributed by atoms with Crippen LogP contribution in [-0.4, -0.2) is 23.9 Å². The number of amides is 1. The minimum Gasteiger partial charge on any atom is -0.503 e. The zero-order valence-corrected chi connectivity index (χ0v) is 15.4. The summed E-state index contributed by atoms with van der Waals surface area (Å²) in [5.74, 6) is 0.159. The third-order valence-electron chi connectivity index (χ3n) is 3.85. The van der Waals surface area contributed by atoms with Crippen LogP contribution < -0.4 is 9.64 Å². The van der Waals surface area contributed by atoms with E-state index in [1.54, 1.807) is 23.1 Å². The molecule has 0 spiro atoms. The van der Waals surface area contributed by atoms with Crippen LogP contribution in [0.3, 0.4) is 0 Å². The summed E-state index contributed by atoms with van der Waals surface area (Å²) in [6, 6.07) is 7.85. The van der Waals surface area contributed by atoms with E-state index in [2.05, 4.69) is 15.9 Å². The smallest absolute Gasteiger partial charge is 0.238 e. The molecule has 0 aromatic heterocycles. The number of phenolic OH excluding ortho intramolecular Hbond substituents is 1. The molecule has 1 amide bonds. The van der Waals surface area contributed by atoms with Gasteiger partial charge in [-0.1, -0.05) is 6.07 Å². The number of rotatable bonds is 3. The van der Waals surface area contributed by atoms with E-state index in [1.165, 1.54) is 31.0 Å². The second kappa shape index (κ2) is 6.64. The summed E-state index contributed by atoms with van der Waals surface area (Å²) in [6.07, 6.45) is 0. The fourth-order valence-corrected chi connectivity index (χ4v) is 4.27. The van der Waals surface area contributed by atoms with E-state index in [0.29, 0.717) is 21.7 Å². The lowest BCUT2D eigenvalue weighted by molar-refractivity contribution is -0.115. The van der Waals surface area contributed by atoms with Crippen molar-refractivity contribution in [3.8, 4) is 11.5 Å². The Labute approximate surface area is 151 Å². The lowest BCUT2D eigenvalue weighted by Gasteiger charge is -2.26. The van der Waals surface area contributed by atoms with Crippen LogP contribution in [0.1, 0.15) is 16.5 Å².